The number of fused-ring (bicyclic) bond motifs is 1. The van der Waals surface area contributed by atoms with Crippen molar-refractivity contribution in [1.29, 1.82) is 0 Å². The van der Waals surface area contributed by atoms with Crippen LogP contribution in [-0.4, -0.2) is 29.1 Å². The van der Waals surface area contributed by atoms with Gasteiger partial charge in [0.2, 0.25) is 0 Å². The zero-order valence-electron chi connectivity index (χ0n) is 6.42. The van der Waals surface area contributed by atoms with E-state index < -0.39 is 0 Å². The molecule has 2 heteroatoms. The van der Waals surface area contributed by atoms with Gasteiger partial charge in [-0.15, -0.1) is 11.8 Å². The smallest absolute Gasteiger partial charge is 0.0716 e. The maximum Gasteiger partial charge on any atom is 0.0716 e. The van der Waals surface area contributed by atoms with Gasteiger partial charge in [0, 0.05) is 6.04 Å². The Labute approximate surface area is 61.8 Å². The average Bonchev–Trinajstić information content (AvgIpc) is 2.36. The van der Waals surface area contributed by atoms with Crippen LogP contribution in [0.4, 0.5) is 0 Å². The molecule has 0 aromatic heterocycles. The lowest BCUT2D eigenvalue weighted by atomic mass is 10.4. The molecule has 54 valence electrons. The van der Waals surface area contributed by atoms with Crippen molar-refractivity contribution >= 4 is 11.8 Å². The van der Waals surface area contributed by atoms with Gasteiger partial charge < -0.3 is 0 Å². The normalized spacial score (nSPS) is 45.0. The van der Waals surface area contributed by atoms with Gasteiger partial charge in [-0.1, -0.05) is 13.8 Å². The third-order valence-electron chi connectivity index (χ3n) is 1.87. The predicted octanol–water partition coefficient (Wildman–Crippen LogP) is 1.79. The van der Waals surface area contributed by atoms with Crippen molar-refractivity contribution in [3.63, 3.8) is 0 Å². The minimum absolute atomic E-state index is 0.931. The third-order valence-corrected chi connectivity index (χ3v) is 3.33. The number of rotatable bonds is 0. The molecule has 2 saturated heterocycles. The van der Waals surface area contributed by atoms with E-state index in [0.717, 1.165) is 11.4 Å². The molecule has 0 aliphatic carbocycles. The second kappa shape index (κ2) is 2.93. The Hall–Kier alpha value is 0.310. The third kappa shape index (κ3) is 1.24. The molecule has 9 heavy (non-hydrogen) atoms. The maximum atomic E-state index is 2.44. The highest BCUT2D eigenvalue weighted by atomic mass is 32.2. The molecule has 0 amide bonds. The minimum atomic E-state index is 0.931. The minimum Gasteiger partial charge on any atom is -0.288 e. The summed E-state index contributed by atoms with van der Waals surface area (Å²) in [6.45, 7) is 4.00. The molecule has 0 aromatic carbocycles. The van der Waals surface area contributed by atoms with Gasteiger partial charge in [-0.2, -0.15) is 0 Å². The quantitative estimate of drug-likeness (QED) is 0.478. The number of hydrogen-bond acceptors (Lipinski definition) is 2. The van der Waals surface area contributed by atoms with Crippen LogP contribution in [0.2, 0.25) is 0 Å². The first-order chi connectivity index (χ1) is 4.39. The van der Waals surface area contributed by atoms with Crippen LogP contribution in [0, 0.1) is 0 Å². The van der Waals surface area contributed by atoms with Crippen LogP contribution in [0.3, 0.4) is 0 Å². The Bertz CT molecular complexity index is 84.9. The molecule has 2 aliphatic rings. The van der Waals surface area contributed by atoms with Crippen molar-refractivity contribution in [3.8, 4) is 0 Å². The lowest BCUT2D eigenvalue weighted by molar-refractivity contribution is 0.594. The van der Waals surface area contributed by atoms with Crippen LogP contribution in [-0.2, 0) is 0 Å². The summed E-state index contributed by atoms with van der Waals surface area (Å²) in [6, 6.07) is 0.977. The lowest BCUT2D eigenvalue weighted by Crippen LogP contribution is -1.95. The summed E-state index contributed by atoms with van der Waals surface area (Å²) in [5.74, 6) is 1.40. The van der Waals surface area contributed by atoms with E-state index in [4.69, 9.17) is 0 Å². The van der Waals surface area contributed by atoms with Gasteiger partial charge in [-0.3, -0.25) is 4.90 Å². The summed E-state index contributed by atoms with van der Waals surface area (Å²) in [4.78, 5) is 2.44. The summed E-state index contributed by atoms with van der Waals surface area (Å²) < 4.78 is 0. The van der Waals surface area contributed by atoms with Gasteiger partial charge in [-0.05, 0) is 19.2 Å². The van der Waals surface area contributed by atoms with E-state index in [1.165, 1.54) is 12.2 Å². The van der Waals surface area contributed by atoms with Crippen LogP contribution in [0.25, 0.3) is 0 Å². The Morgan fingerprint density at radius 1 is 1.44 bits per heavy atom. The SMILES string of the molecule is CC.CN1C2CCSC21. The molecular weight excluding hydrogens is 130 g/mol. The predicted molar refractivity (Wildman–Crippen MR) is 43.8 cm³/mol. The van der Waals surface area contributed by atoms with E-state index in [-0.39, 0.29) is 0 Å². The van der Waals surface area contributed by atoms with Crippen LogP contribution < -0.4 is 0 Å². The van der Waals surface area contributed by atoms with Crippen LogP contribution in [0.15, 0.2) is 0 Å². The highest BCUT2D eigenvalue weighted by molar-refractivity contribution is 8.00. The summed E-state index contributed by atoms with van der Waals surface area (Å²) in [5, 5.41) is 0.931. The fraction of sp³-hybridized carbons (Fsp3) is 1.00. The van der Waals surface area contributed by atoms with Gasteiger partial charge in [0.15, 0.2) is 0 Å². The summed E-state index contributed by atoms with van der Waals surface area (Å²) in [6.07, 6.45) is 1.44. The Morgan fingerprint density at radius 2 is 2.11 bits per heavy atom. The second-order valence-corrected chi connectivity index (χ2v) is 3.51. The monoisotopic (exact) mass is 145 g/mol. The molecule has 3 unspecified atom stereocenters. The summed E-state index contributed by atoms with van der Waals surface area (Å²) in [7, 11) is 2.21. The second-order valence-electron chi connectivity index (χ2n) is 2.28. The molecule has 0 spiro atoms. The van der Waals surface area contributed by atoms with E-state index >= 15 is 0 Å². The standard InChI is InChI=1S/C5H9NS.C2H6/c1-6-4-2-3-7-5(4)6;1-2/h4-5H,2-3H2,1H3;1-2H3. The van der Waals surface area contributed by atoms with E-state index in [0.29, 0.717) is 0 Å². The Kier molecular flexibility index (Phi) is 2.42. The van der Waals surface area contributed by atoms with Crippen LogP contribution >= 0.6 is 11.8 Å². The zero-order chi connectivity index (χ0) is 6.85. The largest absolute Gasteiger partial charge is 0.288 e. The molecule has 2 heterocycles. The number of nitrogens with zero attached hydrogens (tertiary/aromatic N) is 1. The first-order valence-electron chi connectivity index (χ1n) is 3.73. The number of hydrogen-bond donors (Lipinski definition) is 0. The molecule has 0 aromatic rings. The molecule has 1 nitrogen and oxygen atoms in total. The molecule has 0 radical (unpaired) electrons. The van der Waals surface area contributed by atoms with Crippen molar-refractivity contribution in [1.82, 2.24) is 4.90 Å². The fourth-order valence-electron chi connectivity index (χ4n) is 1.26. The molecule has 0 bridgehead atoms. The highest BCUT2D eigenvalue weighted by Gasteiger charge is 2.48. The van der Waals surface area contributed by atoms with Crippen molar-refractivity contribution in [2.45, 2.75) is 31.7 Å². The summed E-state index contributed by atoms with van der Waals surface area (Å²) >= 11 is 2.11. The lowest BCUT2D eigenvalue weighted by Gasteiger charge is -1.94. The number of likely N-dealkylation sites (N-methyl/N-ethyl adjacent to an activating group) is 1. The molecule has 0 N–H and O–H groups in total. The van der Waals surface area contributed by atoms with Crippen molar-refractivity contribution in [2.75, 3.05) is 12.8 Å². The van der Waals surface area contributed by atoms with Crippen molar-refractivity contribution in [3.05, 3.63) is 0 Å². The number of thioether (sulfide) groups is 1. The van der Waals surface area contributed by atoms with Gasteiger partial charge in [0.05, 0.1) is 5.37 Å². The first kappa shape index (κ1) is 7.42. The van der Waals surface area contributed by atoms with Gasteiger partial charge in [-0.25, -0.2) is 0 Å². The Balaban J connectivity index is 0.000000186. The van der Waals surface area contributed by atoms with E-state index in [2.05, 4.69) is 23.7 Å². The Morgan fingerprint density at radius 3 is 2.33 bits per heavy atom. The highest BCUT2D eigenvalue weighted by Crippen LogP contribution is 2.44. The van der Waals surface area contributed by atoms with Gasteiger partial charge in [0.25, 0.3) is 0 Å². The van der Waals surface area contributed by atoms with Crippen LogP contribution in [0.1, 0.15) is 20.3 Å². The van der Waals surface area contributed by atoms with Gasteiger partial charge >= 0.3 is 0 Å². The summed E-state index contributed by atoms with van der Waals surface area (Å²) in [5.41, 5.74) is 0. The van der Waals surface area contributed by atoms with Crippen molar-refractivity contribution < 1.29 is 0 Å². The topological polar surface area (TPSA) is 3.01 Å². The van der Waals surface area contributed by atoms with Crippen LogP contribution in [0.5, 0.6) is 0 Å². The van der Waals surface area contributed by atoms with Crippen molar-refractivity contribution in [2.24, 2.45) is 0 Å². The average molecular weight is 145 g/mol. The van der Waals surface area contributed by atoms with E-state index in [1.807, 2.05) is 13.8 Å². The molecule has 2 aliphatic heterocycles. The molecular formula is C7H15NS. The van der Waals surface area contributed by atoms with Gasteiger partial charge in [0.1, 0.15) is 0 Å². The zero-order valence-corrected chi connectivity index (χ0v) is 7.24. The first-order valence-corrected chi connectivity index (χ1v) is 4.78. The maximum absolute atomic E-state index is 2.44. The van der Waals surface area contributed by atoms with E-state index in [9.17, 15) is 0 Å². The molecule has 0 saturated carbocycles. The molecule has 3 atom stereocenters. The van der Waals surface area contributed by atoms with E-state index in [1.54, 1.807) is 0 Å². The fourth-order valence-corrected chi connectivity index (χ4v) is 2.75. The molecule has 2 rings (SSSR count). The molecule has 2 fully saturated rings.